The molecule has 0 bridgehead atoms. The Morgan fingerprint density at radius 2 is 2.08 bits per heavy atom. The zero-order valence-electron chi connectivity index (χ0n) is 16.0. The standard InChI is InChI=1S/C21H33NO3/c1-13-6-5-9-22(11-13)12-15-17-16(24-19(15)23)10-20(3)8-4-7-14(2)21(20)18(17)25-21/h13-18H,4-12H2,1-3H3/t13?,14-,15?,16+,17+,18-,20+,21-/m0/s1. The number of esters is 1. The van der Waals surface area contributed by atoms with Crippen LogP contribution in [0.1, 0.15) is 59.3 Å². The first-order valence-corrected chi connectivity index (χ1v) is 10.6. The molecule has 4 nitrogen and oxygen atoms in total. The van der Waals surface area contributed by atoms with Gasteiger partial charge in [-0.15, -0.1) is 0 Å². The first kappa shape index (κ1) is 16.6. The Kier molecular flexibility index (Phi) is 3.61. The minimum Gasteiger partial charge on any atom is -0.462 e. The maximum Gasteiger partial charge on any atom is 0.311 e. The van der Waals surface area contributed by atoms with Crippen LogP contribution < -0.4 is 0 Å². The van der Waals surface area contributed by atoms with Gasteiger partial charge in [-0.1, -0.05) is 27.2 Å². The van der Waals surface area contributed by atoms with Crippen molar-refractivity contribution in [2.75, 3.05) is 19.6 Å². The summed E-state index contributed by atoms with van der Waals surface area (Å²) in [6.07, 6.45) is 7.72. The number of rotatable bonds is 2. The van der Waals surface area contributed by atoms with Crippen LogP contribution in [-0.4, -0.2) is 48.3 Å². The molecule has 5 fully saturated rings. The van der Waals surface area contributed by atoms with Crippen molar-refractivity contribution < 1.29 is 14.3 Å². The highest BCUT2D eigenvalue weighted by atomic mass is 16.6. The molecule has 0 amide bonds. The summed E-state index contributed by atoms with van der Waals surface area (Å²) in [6.45, 7) is 10.2. The lowest BCUT2D eigenvalue weighted by Gasteiger charge is -2.49. The number of nitrogens with zero attached hydrogens (tertiary/aromatic N) is 1. The molecule has 0 aromatic rings. The van der Waals surface area contributed by atoms with Gasteiger partial charge >= 0.3 is 5.97 Å². The summed E-state index contributed by atoms with van der Waals surface area (Å²) >= 11 is 0. The fourth-order valence-electron chi connectivity index (χ4n) is 7.17. The van der Waals surface area contributed by atoms with E-state index in [-0.39, 0.29) is 35.1 Å². The van der Waals surface area contributed by atoms with Crippen LogP contribution in [0.4, 0.5) is 0 Å². The van der Waals surface area contributed by atoms with Crippen LogP contribution in [0.5, 0.6) is 0 Å². The number of fused-ring (bicyclic) bond motifs is 2. The first-order chi connectivity index (χ1) is 11.9. The molecule has 0 N–H and O–H groups in total. The molecular weight excluding hydrogens is 314 g/mol. The normalized spacial score (nSPS) is 55.1. The van der Waals surface area contributed by atoms with Gasteiger partial charge in [0.05, 0.1) is 12.0 Å². The highest BCUT2D eigenvalue weighted by Gasteiger charge is 2.78. The van der Waals surface area contributed by atoms with Gasteiger partial charge in [-0.2, -0.15) is 0 Å². The lowest BCUT2D eigenvalue weighted by Crippen LogP contribution is -2.54. The number of hydrogen-bond donors (Lipinski definition) is 0. The van der Waals surface area contributed by atoms with Gasteiger partial charge in [0.1, 0.15) is 11.7 Å². The Morgan fingerprint density at radius 1 is 1.24 bits per heavy atom. The van der Waals surface area contributed by atoms with Crippen molar-refractivity contribution in [3.05, 3.63) is 0 Å². The molecular formula is C21H33NO3. The molecule has 3 aliphatic heterocycles. The molecule has 0 radical (unpaired) electrons. The van der Waals surface area contributed by atoms with E-state index >= 15 is 0 Å². The maximum absolute atomic E-state index is 12.7. The number of epoxide rings is 1. The summed E-state index contributed by atoms with van der Waals surface area (Å²) in [5.41, 5.74) is 0.235. The molecule has 25 heavy (non-hydrogen) atoms. The van der Waals surface area contributed by atoms with Crippen LogP contribution in [0.3, 0.4) is 0 Å². The number of carbonyl (C=O) groups excluding carboxylic acids is 1. The highest BCUT2D eigenvalue weighted by molar-refractivity contribution is 5.76. The molecule has 5 aliphatic rings. The van der Waals surface area contributed by atoms with Gasteiger partial charge in [0.25, 0.3) is 0 Å². The molecule has 2 aliphatic carbocycles. The van der Waals surface area contributed by atoms with Gasteiger partial charge in [-0.05, 0) is 50.5 Å². The van der Waals surface area contributed by atoms with Crippen LogP contribution in [0.15, 0.2) is 0 Å². The number of carbonyl (C=O) groups is 1. The van der Waals surface area contributed by atoms with Gasteiger partial charge in [-0.25, -0.2) is 0 Å². The Bertz CT molecular complexity index is 579. The molecule has 3 saturated heterocycles. The van der Waals surface area contributed by atoms with E-state index < -0.39 is 0 Å². The predicted molar refractivity (Wildman–Crippen MR) is 95.0 cm³/mol. The average molecular weight is 347 g/mol. The monoisotopic (exact) mass is 347 g/mol. The van der Waals surface area contributed by atoms with Crippen molar-refractivity contribution in [2.45, 2.75) is 77.1 Å². The van der Waals surface area contributed by atoms with Crippen LogP contribution in [0, 0.1) is 29.1 Å². The SMILES string of the molecule is CC1CCCN(CC2C(=O)O[C@@H]3C[C@@]4(C)CCC[C@H](C)[C@@]45O[C@H]5[C@H]23)C1. The van der Waals surface area contributed by atoms with Gasteiger partial charge < -0.3 is 14.4 Å². The van der Waals surface area contributed by atoms with Gasteiger partial charge in [0.15, 0.2) is 0 Å². The summed E-state index contributed by atoms with van der Waals surface area (Å²) in [6, 6.07) is 0. The Hall–Kier alpha value is -0.610. The summed E-state index contributed by atoms with van der Waals surface area (Å²) in [5, 5.41) is 0. The average Bonchev–Trinajstić information content (AvgIpc) is 3.23. The molecule has 0 aromatic heterocycles. The number of ether oxygens (including phenoxy) is 2. The predicted octanol–water partition coefficient (Wildman–Crippen LogP) is 3.24. The number of hydrogen-bond acceptors (Lipinski definition) is 4. The van der Waals surface area contributed by atoms with E-state index in [1.807, 2.05) is 0 Å². The third-order valence-corrected chi connectivity index (χ3v) is 8.39. The molecule has 1 spiro atoms. The van der Waals surface area contributed by atoms with Crippen molar-refractivity contribution in [2.24, 2.45) is 29.1 Å². The van der Waals surface area contributed by atoms with Crippen LogP contribution in [-0.2, 0) is 14.3 Å². The van der Waals surface area contributed by atoms with Crippen molar-refractivity contribution in [3.63, 3.8) is 0 Å². The largest absolute Gasteiger partial charge is 0.462 e. The van der Waals surface area contributed by atoms with Gasteiger partial charge in [0.2, 0.25) is 0 Å². The van der Waals surface area contributed by atoms with E-state index in [0.29, 0.717) is 11.8 Å². The number of piperidine rings is 1. The van der Waals surface area contributed by atoms with Gasteiger partial charge in [0, 0.05) is 24.4 Å². The molecule has 2 saturated carbocycles. The molecule has 0 aromatic carbocycles. The van der Waals surface area contributed by atoms with E-state index in [9.17, 15) is 4.79 Å². The second-order valence-electron chi connectivity index (χ2n) is 10.1. The van der Waals surface area contributed by atoms with Crippen molar-refractivity contribution in [1.29, 1.82) is 0 Å². The van der Waals surface area contributed by atoms with E-state index in [1.54, 1.807) is 0 Å². The quantitative estimate of drug-likeness (QED) is 0.568. The van der Waals surface area contributed by atoms with Crippen molar-refractivity contribution in [1.82, 2.24) is 4.90 Å². The second kappa shape index (κ2) is 5.45. The molecule has 2 unspecified atom stereocenters. The molecule has 8 atom stereocenters. The molecule has 140 valence electrons. The minimum atomic E-state index is 0.0263. The second-order valence-corrected chi connectivity index (χ2v) is 10.1. The summed E-state index contributed by atoms with van der Waals surface area (Å²) in [7, 11) is 0. The highest BCUT2D eigenvalue weighted by Crippen LogP contribution is 2.70. The zero-order valence-corrected chi connectivity index (χ0v) is 16.0. The summed E-state index contributed by atoms with van der Waals surface area (Å²) < 4.78 is 12.5. The molecule has 5 rings (SSSR count). The van der Waals surface area contributed by atoms with Crippen molar-refractivity contribution in [3.8, 4) is 0 Å². The third kappa shape index (κ3) is 2.22. The Balaban J connectivity index is 1.39. The Morgan fingerprint density at radius 3 is 2.88 bits per heavy atom. The van der Waals surface area contributed by atoms with E-state index in [1.165, 1.54) is 32.1 Å². The van der Waals surface area contributed by atoms with E-state index in [0.717, 1.165) is 32.0 Å². The summed E-state index contributed by atoms with van der Waals surface area (Å²) in [5.74, 6) is 1.73. The fourth-order valence-corrected chi connectivity index (χ4v) is 7.17. The van der Waals surface area contributed by atoms with Gasteiger partial charge in [-0.3, -0.25) is 4.79 Å². The fraction of sp³-hybridized carbons (Fsp3) is 0.952. The maximum atomic E-state index is 12.7. The topological polar surface area (TPSA) is 42.1 Å². The lowest BCUT2D eigenvalue weighted by atomic mass is 9.53. The first-order valence-electron chi connectivity index (χ1n) is 10.6. The molecule has 3 heterocycles. The third-order valence-electron chi connectivity index (χ3n) is 8.39. The smallest absolute Gasteiger partial charge is 0.311 e. The van der Waals surface area contributed by atoms with Crippen LogP contribution in [0.2, 0.25) is 0 Å². The summed E-state index contributed by atoms with van der Waals surface area (Å²) in [4.78, 5) is 15.3. The van der Waals surface area contributed by atoms with Crippen molar-refractivity contribution >= 4 is 5.97 Å². The van der Waals surface area contributed by atoms with E-state index in [4.69, 9.17) is 9.47 Å². The zero-order chi connectivity index (χ0) is 17.4. The number of likely N-dealkylation sites (tertiary alicyclic amines) is 1. The minimum absolute atomic E-state index is 0.0263. The molecule has 4 heteroatoms. The lowest BCUT2D eigenvalue weighted by molar-refractivity contribution is -0.146. The van der Waals surface area contributed by atoms with E-state index in [2.05, 4.69) is 25.7 Å². The van der Waals surface area contributed by atoms with Crippen LogP contribution in [0.25, 0.3) is 0 Å². The Labute approximate surface area is 151 Å². The van der Waals surface area contributed by atoms with Crippen LogP contribution >= 0.6 is 0 Å².